The van der Waals surface area contributed by atoms with Crippen LogP contribution in [0.1, 0.15) is 27.8 Å². The van der Waals surface area contributed by atoms with E-state index in [0.717, 1.165) is 22.3 Å². The summed E-state index contributed by atoms with van der Waals surface area (Å²) in [5, 5.41) is 13.0. The maximum absolute atomic E-state index is 13.0. The van der Waals surface area contributed by atoms with Gasteiger partial charge in [0.15, 0.2) is 0 Å². The molecule has 5 atom stereocenters. The average Bonchev–Trinajstić information content (AvgIpc) is 3.17. The third-order valence-corrected chi connectivity index (χ3v) is 8.74. The van der Waals surface area contributed by atoms with E-state index in [1.807, 2.05) is 121 Å². The van der Waals surface area contributed by atoms with Crippen LogP contribution in [-0.4, -0.2) is 50.3 Å². The van der Waals surface area contributed by atoms with Gasteiger partial charge in [-0.2, -0.15) is 0 Å². The molecule has 8 nitrogen and oxygen atoms in total. The van der Waals surface area contributed by atoms with Crippen molar-refractivity contribution in [3.05, 3.63) is 167 Å². The molecule has 6 rings (SSSR count). The van der Waals surface area contributed by atoms with Gasteiger partial charge >= 0.3 is 0 Å². The minimum Gasteiger partial charge on any atom is -0.497 e. The molecule has 0 spiro atoms. The van der Waals surface area contributed by atoms with Crippen molar-refractivity contribution in [1.29, 1.82) is 0 Å². The Balaban J connectivity index is 1.42. The first-order chi connectivity index (χ1) is 24.6. The molecule has 1 aliphatic rings. The predicted octanol–water partition coefficient (Wildman–Crippen LogP) is 7.22. The van der Waals surface area contributed by atoms with Gasteiger partial charge in [-0.3, -0.25) is 0 Å². The van der Waals surface area contributed by atoms with Crippen molar-refractivity contribution in [1.82, 2.24) is 0 Å². The summed E-state index contributed by atoms with van der Waals surface area (Å²) in [5.74, 6) is -1.12. The first-order valence-corrected chi connectivity index (χ1v) is 16.8. The maximum atomic E-state index is 13.0. The molecule has 260 valence electrons. The minimum absolute atomic E-state index is 0.103. The summed E-state index contributed by atoms with van der Waals surface area (Å²) in [7, 11) is 3.12. The van der Waals surface area contributed by atoms with E-state index >= 15 is 0 Å². The molecule has 5 aromatic rings. The van der Waals surface area contributed by atoms with Crippen LogP contribution in [0.4, 0.5) is 0 Å². The van der Waals surface area contributed by atoms with Crippen molar-refractivity contribution in [3.63, 3.8) is 0 Å². The van der Waals surface area contributed by atoms with Crippen LogP contribution in [0, 0.1) is 0 Å². The molecule has 1 saturated heterocycles. The van der Waals surface area contributed by atoms with Gasteiger partial charge in [0.25, 0.3) is 0 Å². The number of benzene rings is 5. The van der Waals surface area contributed by atoms with E-state index in [2.05, 4.69) is 0 Å². The largest absolute Gasteiger partial charge is 0.497 e. The quantitative estimate of drug-likeness (QED) is 0.117. The molecule has 0 bridgehead atoms. The fourth-order valence-electron chi connectivity index (χ4n) is 6.16. The average molecular weight is 677 g/mol. The Bertz CT molecular complexity index is 1720. The number of aliphatic hydroxyl groups is 1. The fraction of sp³-hybridized carbons (Fsp3) is 0.286. The summed E-state index contributed by atoms with van der Waals surface area (Å²) in [6, 6.07) is 44.7. The van der Waals surface area contributed by atoms with Crippen molar-refractivity contribution < 1.29 is 38.3 Å². The molecule has 50 heavy (non-hydrogen) atoms. The summed E-state index contributed by atoms with van der Waals surface area (Å²) in [4.78, 5) is 0. The molecule has 0 amide bonds. The normalized spacial score (nSPS) is 21.8. The summed E-state index contributed by atoms with van der Waals surface area (Å²) < 4.78 is 44.5. The molecule has 1 unspecified atom stereocenters. The van der Waals surface area contributed by atoms with Crippen molar-refractivity contribution in [2.24, 2.45) is 0 Å². The van der Waals surface area contributed by atoms with Crippen LogP contribution in [0.2, 0.25) is 0 Å². The molecule has 0 aliphatic carbocycles. The topological polar surface area (TPSA) is 84.8 Å². The van der Waals surface area contributed by atoms with Gasteiger partial charge in [-0.15, -0.1) is 0 Å². The van der Waals surface area contributed by atoms with E-state index in [1.165, 1.54) is 0 Å². The van der Waals surface area contributed by atoms with Gasteiger partial charge in [-0.1, -0.05) is 121 Å². The van der Waals surface area contributed by atoms with Gasteiger partial charge in [-0.25, -0.2) is 0 Å². The Labute approximate surface area is 294 Å². The van der Waals surface area contributed by atoms with Crippen LogP contribution in [0.25, 0.3) is 0 Å². The summed E-state index contributed by atoms with van der Waals surface area (Å²) in [6.45, 7) is 1.16. The standard InChI is InChI=1S/C42H44O8/c1-44-35-23-24-36(37(25-35)45-2)42(43)41(49-29-34-21-13-6-14-22-34)40(48-28-33-19-11-5-12-20-33)39(47-27-32-17-9-4-10-18-32)38(50-42)30-46-26-31-15-7-3-8-16-31/h3-25,38-41,43H,26-30H2,1-2H3/t38-,39-,40+,41-,42?/m1/s1. The summed E-state index contributed by atoms with van der Waals surface area (Å²) >= 11 is 0. The highest BCUT2D eigenvalue weighted by Crippen LogP contribution is 2.45. The highest BCUT2D eigenvalue weighted by molar-refractivity contribution is 5.44. The zero-order valence-electron chi connectivity index (χ0n) is 28.4. The summed E-state index contributed by atoms with van der Waals surface area (Å²) in [6.07, 6.45) is -3.38. The van der Waals surface area contributed by atoms with Gasteiger partial charge in [0.05, 0.1) is 52.8 Å². The number of methoxy groups -OCH3 is 2. The molecule has 1 N–H and O–H groups in total. The van der Waals surface area contributed by atoms with Crippen LogP contribution < -0.4 is 9.47 Å². The Morgan fingerprint density at radius 2 is 1.04 bits per heavy atom. The SMILES string of the molecule is COc1ccc(C2(O)O[C@H](COCc3ccccc3)[C@@H](OCc3ccccc3)[C@H](OCc3ccccc3)[C@H]2OCc2ccccc2)c(OC)c1. The Hall–Kier alpha value is -4.54. The van der Waals surface area contributed by atoms with Gasteiger partial charge in [0.2, 0.25) is 5.79 Å². The zero-order valence-corrected chi connectivity index (χ0v) is 28.4. The number of hydrogen-bond donors (Lipinski definition) is 1. The zero-order chi connectivity index (χ0) is 34.6. The smallest absolute Gasteiger partial charge is 0.226 e. The molecule has 0 radical (unpaired) electrons. The second-order valence-corrected chi connectivity index (χ2v) is 12.2. The maximum Gasteiger partial charge on any atom is 0.226 e. The Morgan fingerprint density at radius 3 is 1.54 bits per heavy atom. The van der Waals surface area contributed by atoms with Crippen molar-refractivity contribution in [3.8, 4) is 11.5 Å². The molecule has 1 aliphatic heterocycles. The van der Waals surface area contributed by atoms with E-state index < -0.39 is 30.2 Å². The lowest BCUT2D eigenvalue weighted by Gasteiger charge is -2.50. The molecule has 8 heteroatoms. The molecule has 1 fully saturated rings. The van der Waals surface area contributed by atoms with Crippen LogP contribution >= 0.6 is 0 Å². The second-order valence-electron chi connectivity index (χ2n) is 12.2. The van der Waals surface area contributed by atoms with Crippen LogP contribution in [-0.2, 0) is 55.9 Å². The lowest BCUT2D eigenvalue weighted by atomic mass is 9.86. The molecule has 0 aromatic heterocycles. The molecule has 0 saturated carbocycles. The minimum atomic E-state index is -2.05. The van der Waals surface area contributed by atoms with Crippen LogP contribution in [0.3, 0.4) is 0 Å². The van der Waals surface area contributed by atoms with E-state index in [9.17, 15) is 5.11 Å². The highest BCUT2D eigenvalue weighted by Gasteiger charge is 2.58. The Kier molecular flexibility index (Phi) is 12.3. The summed E-state index contributed by atoms with van der Waals surface area (Å²) in [5.41, 5.74) is 4.25. The van der Waals surface area contributed by atoms with E-state index in [0.29, 0.717) is 23.7 Å². The molecular weight excluding hydrogens is 632 g/mol. The van der Waals surface area contributed by atoms with Crippen LogP contribution in [0.5, 0.6) is 11.5 Å². The van der Waals surface area contributed by atoms with Crippen LogP contribution in [0.15, 0.2) is 140 Å². The van der Waals surface area contributed by atoms with Gasteiger partial charge < -0.3 is 38.3 Å². The highest BCUT2D eigenvalue weighted by atomic mass is 16.7. The molecular formula is C42H44O8. The molecule has 5 aromatic carbocycles. The van der Waals surface area contributed by atoms with Gasteiger partial charge in [-0.05, 0) is 34.4 Å². The molecule has 1 heterocycles. The third kappa shape index (κ3) is 8.78. The predicted molar refractivity (Wildman–Crippen MR) is 189 cm³/mol. The second kappa shape index (κ2) is 17.4. The lowest BCUT2D eigenvalue weighted by Crippen LogP contribution is -2.65. The Morgan fingerprint density at radius 1 is 0.560 bits per heavy atom. The number of rotatable bonds is 16. The first-order valence-electron chi connectivity index (χ1n) is 16.8. The van der Waals surface area contributed by atoms with E-state index in [4.69, 9.17) is 33.2 Å². The lowest BCUT2D eigenvalue weighted by molar-refractivity contribution is -0.379. The van der Waals surface area contributed by atoms with E-state index in [-0.39, 0.29) is 26.4 Å². The third-order valence-electron chi connectivity index (χ3n) is 8.74. The van der Waals surface area contributed by atoms with Gasteiger partial charge in [0, 0.05) is 6.07 Å². The van der Waals surface area contributed by atoms with Crippen molar-refractivity contribution in [2.45, 2.75) is 56.6 Å². The number of hydrogen-bond acceptors (Lipinski definition) is 8. The first kappa shape index (κ1) is 35.3. The van der Waals surface area contributed by atoms with Crippen molar-refractivity contribution >= 4 is 0 Å². The monoisotopic (exact) mass is 676 g/mol. The fourth-order valence-corrected chi connectivity index (χ4v) is 6.16. The van der Waals surface area contributed by atoms with Gasteiger partial charge in [0.1, 0.15) is 35.9 Å². The number of ether oxygens (including phenoxy) is 7. The van der Waals surface area contributed by atoms with E-state index in [1.54, 1.807) is 32.4 Å². The van der Waals surface area contributed by atoms with Crippen molar-refractivity contribution in [2.75, 3.05) is 20.8 Å².